The fourth-order valence-corrected chi connectivity index (χ4v) is 4.40. The van der Waals surface area contributed by atoms with Crippen LogP contribution in [0.25, 0.3) is 0 Å². The van der Waals surface area contributed by atoms with Crippen molar-refractivity contribution in [1.82, 2.24) is 4.90 Å². The molecule has 2 fully saturated rings. The second kappa shape index (κ2) is 3.33. The van der Waals surface area contributed by atoms with Crippen LogP contribution in [0.4, 0.5) is 0 Å². The van der Waals surface area contributed by atoms with Crippen LogP contribution in [0.2, 0.25) is 0 Å². The molecular weight excluding hydrogens is 194 g/mol. The van der Waals surface area contributed by atoms with Gasteiger partial charge in [0.1, 0.15) is 0 Å². The summed E-state index contributed by atoms with van der Waals surface area (Å²) in [4.78, 5) is 2.76. The van der Waals surface area contributed by atoms with Gasteiger partial charge in [0.15, 0.2) is 0 Å². The zero-order chi connectivity index (χ0) is 10.5. The summed E-state index contributed by atoms with van der Waals surface area (Å²) >= 11 is 0. The van der Waals surface area contributed by atoms with E-state index in [0.717, 1.165) is 17.9 Å². The van der Waals surface area contributed by atoms with Crippen LogP contribution >= 0.6 is 0 Å². The van der Waals surface area contributed by atoms with Crippen molar-refractivity contribution in [3.8, 4) is 0 Å². The molecule has 1 heteroatoms. The molecular formula is C15H19N. The van der Waals surface area contributed by atoms with Gasteiger partial charge in [0, 0.05) is 18.5 Å². The Kier molecular flexibility index (Phi) is 1.92. The molecule has 3 atom stereocenters. The maximum absolute atomic E-state index is 2.76. The van der Waals surface area contributed by atoms with E-state index in [4.69, 9.17) is 0 Å². The average Bonchev–Trinajstić information content (AvgIpc) is 2.75. The molecule has 3 aliphatic rings. The van der Waals surface area contributed by atoms with Crippen molar-refractivity contribution in [3.63, 3.8) is 0 Å². The van der Waals surface area contributed by atoms with Crippen molar-refractivity contribution in [1.29, 1.82) is 0 Å². The standard InChI is InChI=1S/C15H19N/c1-2-6-13-12(4-1)10-16-9-8-11-5-3-7-14(13)15(11)16/h1-2,4,6,11,14-15H,3,5,7-10H2/t11-,14-,15+/m0/s1. The van der Waals surface area contributed by atoms with E-state index in [2.05, 4.69) is 29.2 Å². The Balaban J connectivity index is 1.82. The Morgan fingerprint density at radius 2 is 2.00 bits per heavy atom. The fourth-order valence-electron chi connectivity index (χ4n) is 4.40. The molecule has 0 spiro atoms. The topological polar surface area (TPSA) is 3.24 Å². The molecule has 4 rings (SSSR count). The summed E-state index contributed by atoms with van der Waals surface area (Å²) in [6.07, 6.45) is 5.82. The van der Waals surface area contributed by atoms with Crippen molar-refractivity contribution in [2.75, 3.05) is 6.54 Å². The van der Waals surface area contributed by atoms with Crippen LogP contribution in [0.3, 0.4) is 0 Å². The van der Waals surface area contributed by atoms with E-state index < -0.39 is 0 Å². The molecule has 0 N–H and O–H groups in total. The molecule has 16 heavy (non-hydrogen) atoms. The molecule has 0 unspecified atom stereocenters. The molecule has 0 aromatic heterocycles. The molecule has 1 aromatic rings. The van der Waals surface area contributed by atoms with Crippen LogP contribution in [0.15, 0.2) is 24.3 Å². The van der Waals surface area contributed by atoms with Gasteiger partial charge in [0.2, 0.25) is 0 Å². The normalized spacial score (nSPS) is 36.9. The van der Waals surface area contributed by atoms with E-state index >= 15 is 0 Å². The van der Waals surface area contributed by atoms with Crippen LogP contribution in [0, 0.1) is 5.92 Å². The lowest BCUT2D eigenvalue weighted by Gasteiger charge is -2.43. The van der Waals surface area contributed by atoms with Gasteiger partial charge in [-0.3, -0.25) is 4.90 Å². The summed E-state index contributed by atoms with van der Waals surface area (Å²) in [6.45, 7) is 2.56. The fraction of sp³-hybridized carbons (Fsp3) is 0.600. The Hall–Kier alpha value is -0.820. The Morgan fingerprint density at radius 1 is 1.06 bits per heavy atom. The number of rotatable bonds is 0. The first-order valence-electron chi connectivity index (χ1n) is 6.75. The Bertz CT molecular complexity index is 412. The summed E-state index contributed by atoms with van der Waals surface area (Å²) in [5.74, 6) is 1.86. The highest BCUT2D eigenvalue weighted by Crippen LogP contribution is 2.48. The lowest BCUT2D eigenvalue weighted by Crippen LogP contribution is -2.43. The zero-order valence-corrected chi connectivity index (χ0v) is 9.73. The van der Waals surface area contributed by atoms with Crippen LogP contribution < -0.4 is 0 Å². The Labute approximate surface area is 97.5 Å². The molecule has 2 heterocycles. The highest BCUT2D eigenvalue weighted by atomic mass is 15.2. The first-order chi connectivity index (χ1) is 7.93. The second-order valence-electron chi connectivity index (χ2n) is 5.75. The predicted molar refractivity (Wildman–Crippen MR) is 65.3 cm³/mol. The smallest absolute Gasteiger partial charge is 0.0239 e. The number of benzene rings is 1. The summed E-state index contributed by atoms with van der Waals surface area (Å²) < 4.78 is 0. The molecule has 1 aromatic carbocycles. The lowest BCUT2D eigenvalue weighted by atomic mass is 9.71. The van der Waals surface area contributed by atoms with Gasteiger partial charge in [0.25, 0.3) is 0 Å². The quantitative estimate of drug-likeness (QED) is 0.640. The molecule has 2 aliphatic heterocycles. The third-order valence-electron chi connectivity index (χ3n) is 5.02. The summed E-state index contributed by atoms with van der Waals surface area (Å²) in [6, 6.07) is 10.1. The molecule has 0 bridgehead atoms. The van der Waals surface area contributed by atoms with E-state index in [-0.39, 0.29) is 0 Å². The highest BCUT2D eigenvalue weighted by Gasteiger charge is 2.45. The third-order valence-corrected chi connectivity index (χ3v) is 5.02. The van der Waals surface area contributed by atoms with Crippen molar-refractivity contribution in [3.05, 3.63) is 35.4 Å². The van der Waals surface area contributed by atoms with Crippen molar-refractivity contribution >= 4 is 0 Å². The van der Waals surface area contributed by atoms with Crippen LogP contribution in [-0.4, -0.2) is 17.5 Å². The molecule has 1 nitrogen and oxygen atoms in total. The monoisotopic (exact) mass is 213 g/mol. The largest absolute Gasteiger partial charge is 0.295 e. The van der Waals surface area contributed by atoms with Crippen molar-refractivity contribution in [2.24, 2.45) is 5.92 Å². The molecule has 1 aliphatic carbocycles. The molecule has 0 radical (unpaired) electrons. The first kappa shape index (κ1) is 9.23. The third kappa shape index (κ3) is 1.15. The molecule has 1 saturated heterocycles. The summed E-state index contributed by atoms with van der Waals surface area (Å²) in [5.41, 5.74) is 3.28. The van der Waals surface area contributed by atoms with E-state index in [9.17, 15) is 0 Å². The average molecular weight is 213 g/mol. The van der Waals surface area contributed by atoms with E-state index in [0.29, 0.717) is 0 Å². The van der Waals surface area contributed by atoms with Gasteiger partial charge >= 0.3 is 0 Å². The number of hydrogen-bond acceptors (Lipinski definition) is 1. The van der Waals surface area contributed by atoms with Crippen LogP contribution in [0.1, 0.15) is 42.7 Å². The predicted octanol–water partition coefficient (Wildman–Crippen LogP) is 3.16. The van der Waals surface area contributed by atoms with Crippen LogP contribution in [-0.2, 0) is 6.54 Å². The van der Waals surface area contributed by atoms with Crippen molar-refractivity contribution < 1.29 is 0 Å². The van der Waals surface area contributed by atoms with Gasteiger partial charge in [-0.25, -0.2) is 0 Å². The summed E-state index contributed by atoms with van der Waals surface area (Å²) in [5, 5.41) is 0. The maximum Gasteiger partial charge on any atom is 0.0239 e. The van der Waals surface area contributed by atoms with E-state index in [1.807, 2.05) is 0 Å². The minimum absolute atomic E-state index is 0.853. The van der Waals surface area contributed by atoms with Gasteiger partial charge in [0.05, 0.1) is 0 Å². The van der Waals surface area contributed by atoms with Crippen molar-refractivity contribution in [2.45, 2.75) is 44.2 Å². The molecule has 84 valence electrons. The second-order valence-corrected chi connectivity index (χ2v) is 5.75. The van der Waals surface area contributed by atoms with Gasteiger partial charge in [-0.2, -0.15) is 0 Å². The van der Waals surface area contributed by atoms with Gasteiger partial charge in [-0.05, 0) is 42.9 Å². The zero-order valence-electron chi connectivity index (χ0n) is 9.73. The van der Waals surface area contributed by atoms with Gasteiger partial charge < -0.3 is 0 Å². The number of nitrogens with zero attached hydrogens (tertiary/aromatic N) is 1. The number of hydrogen-bond donors (Lipinski definition) is 0. The van der Waals surface area contributed by atoms with E-state index in [1.165, 1.54) is 38.8 Å². The highest BCUT2D eigenvalue weighted by molar-refractivity contribution is 5.35. The lowest BCUT2D eigenvalue weighted by molar-refractivity contribution is 0.135. The minimum Gasteiger partial charge on any atom is -0.295 e. The number of fused-ring (bicyclic) bond motifs is 2. The SMILES string of the molecule is c1ccc2c(c1)CN1CC[C@@H]3CCC[C@@H]2[C@@H]31. The Morgan fingerprint density at radius 3 is 3.00 bits per heavy atom. The van der Waals surface area contributed by atoms with Gasteiger partial charge in [-0.15, -0.1) is 0 Å². The maximum atomic E-state index is 2.76. The minimum atomic E-state index is 0.853. The molecule has 1 saturated carbocycles. The van der Waals surface area contributed by atoms with Crippen LogP contribution in [0.5, 0.6) is 0 Å². The summed E-state index contributed by atoms with van der Waals surface area (Å²) in [7, 11) is 0. The van der Waals surface area contributed by atoms with Gasteiger partial charge in [-0.1, -0.05) is 30.7 Å². The molecule has 0 amide bonds. The first-order valence-corrected chi connectivity index (χ1v) is 6.75. The van der Waals surface area contributed by atoms with E-state index in [1.54, 1.807) is 11.1 Å².